The summed E-state index contributed by atoms with van der Waals surface area (Å²) in [7, 11) is 4.92. The molecule has 0 nitrogen and oxygen atoms in total. The fourth-order valence-electron chi connectivity index (χ4n) is 2.82. The maximum Gasteiger partial charge on any atom is 0.109 e. The summed E-state index contributed by atoms with van der Waals surface area (Å²) in [4.78, 5) is 0. The molecule has 0 rings (SSSR count). The first-order valence-corrected chi connectivity index (χ1v) is 7.25. The van der Waals surface area contributed by atoms with Crippen molar-refractivity contribution in [2.24, 2.45) is 16.7 Å². The normalized spacial score (nSPS) is 21.1. The Morgan fingerprint density at radius 3 is 1.41 bits per heavy atom. The minimum Gasteiger partial charge on any atom is -0.0666 e. The molecule has 0 amide bonds. The highest BCUT2D eigenvalue weighted by Gasteiger charge is 2.53. The van der Waals surface area contributed by atoms with E-state index in [1.165, 1.54) is 6.42 Å². The Morgan fingerprint density at radius 1 is 0.824 bits per heavy atom. The van der Waals surface area contributed by atoms with Gasteiger partial charge in [0.15, 0.2) is 0 Å². The predicted molar refractivity (Wildman–Crippen MR) is 86.5 cm³/mol. The van der Waals surface area contributed by atoms with Gasteiger partial charge in [0.25, 0.3) is 0 Å². The van der Waals surface area contributed by atoms with Gasteiger partial charge < -0.3 is 0 Å². The second-order valence-corrected chi connectivity index (χ2v) is 8.36. The monoisotopic (exact) mass is 236 g/mol. The molecule has 100 valence electrons. The van der Waals surface area contributed by atoms with Crippen LogP contribution in [0.5, 0.6) is 0 Å². The summed E-state index contributed by atoms with van der Waals surface area (Å²) in [6.45, 7) is 21.7. The van der Waals surface area contributed by atoms with Crippen molar-refractivity contribution < 1.29 is 0 Å². The van der Waals surface area contributed by atoms with Gasteiger partial charge in [-0.2, -0.15) is 0 Å². The van der Waals surface area contributed by atoms with Crippen LogP contribution in [0, 0.1) is 16.7 Å². The van der Waals surface area contributed by atoms with Crippen molar-refractivity contribution in [1.29, 1.82) is 0 Å². The molecule has 0 aromatic rings. The largest absolute Gasteiger partial charge is 0.109 e. The van der Waals surface area contributed by atoms with Crippen molar-refractivity contribution in [1.82, 2.24) is 0 Å². The first-order valence-electron chi connectivity index (χ1n) is 7.25. The van der Waals surface area contributed by atoms with Gasteiger partial charge in [-0.3, -0.25) is 0 Å². The van der Waals surface area contributed by atoms with Crippen LogP contribution in [-0.2, 0) is 0 Å². The maximum atomic E-state index is 2.46. The van der Waals surface area contributed by atoms with Gasteiger partial charge in [0, 0.05) is 0 Å². The lowest BCUT2D eigenvalue weighted by molar-refractivity contribution is 0.0697. The minimum atomic E-state index is 0.299. The van der Waals surface area contributed by atoms with Crippen molar-refractivity contribution in [2.75, 3.05) is 0 Å². The molecule has 2 heteroatoms. The van der Waals surface area contributed by atoms with Gasteiger partial charge in [-0.25, -0.2) is 0 Å². The molecule has 0 bridgehead atoms. The molecule has 0 aromatic carbocycles. The van der Waals surface area contributed by atoms with E-state index < -0.39 is 0 Å². The van der Waals surface area contributed by atoms with Crippen molar-refractivity contribution in [3.63, 3.8) is 0 Å². The van der Waals surface area contributed by atoms with Crippen LogP contribution in [0.4, 0.5) is 0 Å². The highest BCUT2D eigenvalue weighted by molar-refractivity contribution is 6.27. The van der Waals surface area contributed by atoms with Gasteiger partial charge >= 0.3 is 0 Å². The van der Waals surface area contributed by atoms with Crippen LogP contribution >= 0.6 is 0 Å². The van der Waals surface area contributed by atoms with Crippen LogP contribution in [-0.4, -0.2) is 15.7 Å². The van der Waals surface area contributed by atoms with E-state index in [-0.39, 0.29) is 0 Å². The smallest absolute Gasteiger partial charge is 0.0666 e. The zero-order chi connectivity index (χ0) is 14.3. The minimum absolute atomic E-state index is 0.299. The zero-order valence-electron chi connectivity index (χ0n) is 14.3. The molecular weight excluding hydrogens is 202 g/mol. The summed E-state index contributed by atoms with van der Waals surface area (Å²) in [5.41, 5.74) is 0.700. The quantitative estimate of drug-likeness (QED) is 0.638. The van der Waals surface area contributed by atoms with E-state index in [1.807, 2.05) is 0 Å². The van der Waals surface area contributed by atoms with Gasteiger partial charge in [-0.15, -0.1) is 0 Å². The molecule has 0 N–H and O–H groups in total. The molecule has 2 unspecified atom stereocenters. The molecule has 0 saturated heterocycles. The number of hydrogen-bond donors (Lipinski definition) is 0. The van der Waals surface area contributed by atoms with Crippen LogP contribution in [0.15, 0.2) is 0 Å². The Bertz CT molecular complexity index is 260. The van der Waals surface area contributed by atoms with E-state index >= 15 is 0 Å². The van der Waals surface area contributed by atoms with E-state index in [0.29, 0.717) is 27.4 Å². The zero-order valence-corrected chi connectivity index (χ0v) is 14.3. The third-order valence-electron chi connectivity index (χ3n) is 7.19. The molecule has 17 heavy (non-hydrogen) atoms. The number of hydrogen-bond acceptors (Lipinski definition) is 0. The highest BCUT2D eigenvalue weighted by Crippen LogP contribution is 2.68. The van der Waals surface area contributed by atoms with Crippen LogP contribution in [0.1, 0.15) is 68.7 Å². The lowest BCUT2D eigenvalue weighted by Gasteiger charge is -2.61. The van der Waals surface area contributed by atoms with Crippen molar-refractivity contribution >= 4 is 15.7 Å². The van der Waals surface area contributed by atoms with Gasteiger partial charge in [-0.05, 0) is 16.7 Å². The van der Waals surface area contributed by atoms with Crippen molar-refractivity contribution in [3.8, 4) is 0 Å². The molecule has 0 heterocycles. The Labute approximate surface area is 112 Å². The molecule has 0 spiro atoms. The van der Waals surface area contributed by atoms with E-state index in [9.17, 15) is 0 Å². The average molecular weight is 236 g/mol. The summed E-state index contributed by atoms with van der Waals surface area (Å²) in [5.74, 6) is 0.699. The molecular formula is C15H34B2. The Hall–Kier alpha value is 0.130. The summed E-state index contributed by atoms with van der Waals surface area (Å²) >= 11 is 0. The Kier molecular flexibility index (Phi) is 4.70. The van der Waals surface area contributed by atoms with Crippen LogP contribution in [0.2, 0.25) is 10.6 Å². The molecule has 0 fully saturated rings. The fourth-order valence-corrected chi connectivity index (χ4v) is 2.82. The van der Waals surface area contributed by atoms with E-state index in [1.54, 1.807) is 0 Å². The number of rotatable bonds is 5. The Balaban J connectivity index is 5.61. The Morgan fingerprint density at radius 2 is 1.18 bits per heavy atom. The topological polar surface area (TPSA) is 0 Å². The lowest BCUT2D eigenvalue weighted by Crippen LogP contribution is -2.48. The molecule has 0 aliphatic carbocycles. The van der Waals surface area contributed by atoms with Gasteiger partial charge in [0.1, 0.15) is 15.7 Å². The van der Waals surface area contributed by atoms with Crippen LogP contribution < -0.4 is 0 Å². The van der Waals surface area contributed by atoms with Crippen molar-refractivity contribution in [2.45, 2.75) is 79.4 Å². The van der Waals surface area contributed by atoms with E-state index in [4.69, 9.17) is 0 Å². The van der Waals surface area contributed by atoms with Crippen molar-refractivity contribution in [3.05, 3.63) is 0 Å². The molecule has 0 aliphatic heterocycles. The molecule has 0 aliphatic rings. The van der Waals surface area contributed by atoms with Gasteiger partial charge in [-0.1, -0.05) is 79.4 Å². The summed E-state index contributed by atoms with van der Waals surface area (Å²) in [6.07, 6.45) is 1.23. The first kappa shape index (κ1) is 17.1. The second-order valence-electron chi connectivity index (χ2n) is 8.36. The summed E-state index contributed by atoms with van der Waals surface area (Å²) in [5, 5.41) is 0.607. The molecule has 0 saturated carbocycles. The fraction of sp³-hybridized carbons (Fsp3) is 1.00. The van der Waals surface area contributed by atoms with Crippen LogP contribution in [0.25, 0.3) is 0 Å². The average Bonchev–Trinajstić information content (AvgIpc) is 2.16. The third-order valence-corrected chi connectivity index (χ3v) is 7.19. The first-order chi connectivity index (χ1) is 7.25. The van der Waals surface area contributed by atoms with E-state index in [2.05, 4.69) is 78.0 Å². The SMILES string of the molecule is BC(C)(C(C)(C)CC)C(B)(C)C(C)(C)C(C)C. The molecule has 2 atom stereocenters. The van der Waals surface area contributed by atoms with Gasteiger partial charge in [0.2, 0.25) is 0 Å². The van der Waals surface area contributed by atoms with Crippen LogP contribution in [0.3, 0.4) is 0 Å². The summed E-state index contributed by atoms with van der Waals surface area (Å²) < 4.78 is 0. The predicted octanol–water partition coefficient (Wildman–Crippen LogP) is 3.73. The highest BCUT2D eigenvalue weighted by atomic mass is 14.5. The maximum absolute atomic E-state index is 2.46. The standard InChI is InChI=1S/C15H34B2/c1-10-12(4,5)14(8,16)15(9,17)13(6,7)11(2)3/h11H,10,16-17H2,1-9H3. The third kappa shape index (κ3) is 2.47. The second kappa shape index (κ2) is 4.67. The molecule has 0 aromatic heterocycles. The lowest BCUT2D eigenvalue weighted by atomic mass is 9.31. The van der Waals surface area contributed by atoms with Gasteiger partial charge in [0.05, 0.1) is 0 Å². The summed E-state index contributed by atoms with van der Waals surface area (Å²) in [6, 6.07) is 0. The molecule has 0 radical (unpaired) electrons. The van der Waals surface area contributed by atoms with E-state index in [0.717, 1.165) is 0 Å².